The van der Waals surface area contributed by atoms with Crippen LogP contribution < -0.4 is 4.90 Å². The van der Waals surface area contributed by atoms with Crippen LogP contribution in [0.4, 0.5) is 10.5 Å². The van der Waals surface area contributed by atoms with E-state index in [0.717, 1.165) is 16.7 Å². The van der Waals surface area contributed by atoms with Crippen molar-refractivity contribution >= 4 is 27.7 Å². The van der Waals surface area contributed by atoms with Crippen molar-refractivity contribution in [1.82, 2.24) is 4.90 Å². The van der Waals surface area contributed by atoms with E-state index < -0.39 is 5.60 Å². The largest absolute Gasteiger partial charge is 0.444 e. The van der Waals surface area contributed by atoms with Crippen molar-refractivity contribution in [1.29, 1.82) is 0 Å². The van der Waals surface area contributed by atoms with E-state index in [1.54, 1.807) is 4.90 Å². The van der Waals surface area contributed by atoms with E-state index in [1.165, 1.54) is 0 Å². The molecule has 0 aromatic heterocycles. The van der Waals surface area contributed by atoms with E-state index >= 15 is 0 Å². The van der Waals surface area contributed by atoms with E-state index in [1.807, 2.05) is 45.0 Å². The lowest BCUT2D eigenvalue weighted by atomic mass is 10.1. The summed E-state index contributed by atoms with van der Waals surface area (Å²) in [7, 11) is 0. The lowest BCUT2D eigenvalue weighted by Gasteiger charge is -2.41. The van der Waals surface area contributed by atoms with Gasteiger partial charge in [-0.15, -0.1) is 0 Å². The van der Waals surface area contributed by atoms with Gasteiger partial charge in [-0.25, -0.2) is 4.79 Å². The van der Waals surface area contributed by atoms with Crippen LogP contribution in [0, 0.1) is 0 Å². The molecule has 22 heavy (non-hydrogen) atoms. The number of aliphatic hydroxyl groups is 1. The van der Waals surface area contributed by atoms with Gasteiger partial charge >= 0.3 is 6.09 Å². The van der Waals surface area contributed by atoms with E-state index in [0.29, 0.717) is 13.1 Å². The fourth-order valence-electron chi connectivity index (χ4n) is 2.46. The van der Waals surface area contributed by atoms with Crippen LogP contribution in [0.5, 0.6) is 0 Å². The molecule has 1 saturated heterocycles. The molecule has 1 fully saturated rings. The number of piperazine rings is 1. The van der Waals surface area contributed by atoms with Crippen LogP contribution in [-0.2, 0) is 4.74 Å². The third kappa shape index (κ3) is 4.36. The van der Waals surface area contributed by atoms with Crippen LogP contribution in [0.3, 0.4) is 0 Å². The first-order valence-corrected chi connectivity index (χ1v) is 8.20. The van der Waals surface area contributed by atoms with E-state index in [4.69, 9.17) is 4.74 Å². The maximum atomic E-state index is 12.2. The molecular formula is C16H23BrN2O3. The monoisotopic (exact) mass is 370 g/mol. The summed E-state index contributed by atoms with van der Waals surface area (Å²) in [6, 6.07) is 7.78. The minimum absolute atomic E-state index is 0.0771. The number of hydrogen-bond acceptors (Lipinski definition) is 4. The smallest absolute Gasteiger partial charge is 0.410 e. The van der Waals surface area contributed by atoms with Gasteiger partial charge in [0.25, 0.3) is 0 Å². The molecular weight excluding hydrogens is 348 g/mol. The molecule has 1 aliphatic heterocycles. The van der Waals surface area contributed by atoms with Gasteiger partial charge in [0.15, 0.2) is 0 Å². The predicted octanol–water partition coefficient (Wildman–Crippen LogP) is 2.87. The van der Waals surface area contributed by atoms with Crippen molar-refractivity contribution in [2.24, 2.45) is 0 Å². The Labute approximate surface area is 140 Å². The van der Waals surface area contributed by atoms with Gasteiger partial charge in [-0.3, -0.25) is 4.90 Å². The number of nitrogens with zero attached hydrogens (tertiary/aromatic N) is 2. The van der Waals surface area contributed by atoms with Crippen LogP contribution >= 0.6 is 15.9 Å². The first-order valence-electron chi connectivity index (χ1n) is 7.41. The molecule has 0 bridgehead atoms. The Morgan fingerprint density at radius 1 is 1.32 bits per heavy atom. The molecule has 0 spiro atoms. The highest BCUT2D eigenvalue weighted by Gasteiger charge is 2.33. The lowest BCUT2D eigenvalue weighted by Crippen LogP contribution is -2.57. The SMILES string of the molecule is CC(C)(C)OC(=O)N1CCN(c2ccc(Br)cc2)C[C@@H]1CO. The Kier molecular flexibility index (Phi) is 5.34. The van der Waals surface area contributed by atoms with Gasteiger partial charge in [0.05, 0.1) is 12.6 Å². The number of halogens is 1. The molecule has 1 heterocycles. The van der Waals surface area contributed by atoms with E-state index in [2.05, 4.69) is 20.8 Å². The molecule has 1 atom stereocenters. The van der Waals surface area contributed by atoms with Crippen molar-refractivity contribution in [2.45, 2.75) is 32.4 Å². The summed E-state index contributed by atoms with van der Waals surface area (Å²) in [4.78, 5) is 16.0. The maximum absolute atomic E-state index is 12.2. The second-order valence-corrected chi connectivity index (χ2v) is 7.35. The lowest BCUT2D eigenvalue weighted by molar-refractivity contribution is 0.00704. The number of hydrogen-bond donors (Lipinski definition) is 1. The Balaban J connectivity index is 2.05. The molecule has 2 rings (SSSR count). The highest BCUT2D eigenvalue weighted by molar-refractivity contribution is 9.10. The highest BCUT2D eigenvalue weighted by Crippen LogP contribution is 2.22. The summed E-state index contributed by atoms with van der Waals surface area (Å²) >= 11 is 3.42. The zero-order chi connectivity index (χ0) is 16.3. The van der Waals surface area contributed by atoms with Gasteiger partial charge in [0, 0.05) is 29.8 Å². The summed E-state index contributed by atoms with van der Waals surface area (Å²) in [5.41, 5.74) is 0.561. The number of carbonyl (C=O) groups excluding carboxylic acids is 1. The van der Waals surface area contributed by atoms with E-state index in [-0.39, 0.29) is 18.7 Å². The quantitative estimate of drug-likeness (QED) is 0.869. The molecule has 1 aliphatic rings. The van der Waals surface area contributed by atoms with Crippen LogP contribution in [0.15, 0.2) is 28.7 Å². The number of ether oxygens (including phenoxy) is 1. The van der Waals surface area contributed by atoms with Crippen molar-refractivity contribution in [3.05, 3.63) is 28.7 Å². The predicted molar refractivity (Wildman–Crippen MR) is 90.2 cm³/mol. The fourth-order valence-corrected chi connectivity index (χ4v) is 2.72. The van der Waals surface area contributed by atoms with Crippen LogP contribution in [0.1, 0.15) is 20.8 Å². The summed E-state index contributed by atoms with van der Waals surface area (Å²) < 4.78 is 6.45. The Hall–Kier alpha value is -1.27. The summed E-state index contributed by atoms with van der Waals surface area (Å²) in [5, 5.41) is 9.63. The summed E-state index contributed by atoms with van der Waals surface area (Å²) in [6.45, 7) is 7.31. The van der Waals surface area contributed by atoms with Gasteiger partial charge in [-0.05, 0) is 45.0 Å². The van der Waals surface area contributed by atoms with Gasteiger partial charge in [-0.2, -0.15) is 0 Å². The number of aliphatic hydroxyl groups excluding tert-OH is 1. The summed E-state index contributed by atoms with van der Waals surface area (Å²) in [6.07, 6.45) is -0.359. The Bertz CT molecular complexity index is 513. The number of anilines is 1. The van der Waals surface area contributed by atoms with Crippen LogP contribution in [0.25, 0.3) is 0 Å². The zero-order valence-corrected chi connectivity index (χ0v) is 14.8. The molecule has 1 amide bonds. The second kappa shape index (κ2) is 6.87. The molecule has 0 radical (unpaired) electrons. The van der Waals surface area contributed by atoms with Crippen LogP contribution in [0.2, 0.25) is 0 Å². The molecule has 0 unspecified atom stereocenters. The van der Waals surface area contributed by atoms with Crippen molar-refractivity contribution < 1.29 is 14.6 Å². The third-order valence-electron chi connectivity index (χ3n) is 3.51. The minimum Gasteiger partial charge on any atom is -0.444 e. The van der Waals surface area contributed by atoms with Gasteiger partial charge in [0.1, 0.15) is 5.60 Å². The molecule has 6 heteroatoms. The Morgan fingerprint density at radius 3 is 2.50 bits per heavy atom. The molecule has 122 valence electrons. The minimum atomic E-state index is -0.528. The van der Waals surface area contributed by atoms with Crippen molar-refractivity contribution in [2.75, 3.05) is 31.1 Å². The van der Waals surface area contributed by atoms with Crippen molar-refractivity contribution in [3.63, 3.8) is 0 Å². The fraction of sp³-hybridized carbons (Fsp3) is 0.562. The molecule has 0 aliphatic carbocycles. The van der Waals surface area contributed by atoms with Gasteiger partial charge in [0.2, 0.25) is 0 Å². The standard InChI is InChI=1S/C16H23BrN2O3/c1-16(2,3)22-15(21)19-9-8-18(10-14(19)11-20)13-6-4-12(17)5-7-13/h4-7,14,20H,8-11H2,1-3H3/t14-/m1/s1. The first-order chi connectivity index (χ1) is 10.3. The van der Waals surface area contributed by atoms with E-state index in [9.17, 15) is 9.90 Å². The molecule has 1 N–H and O–H groups in total. The molecule has 5 nitrogen and oxygen atoms in total. The second-order valence-electron chi connectivity index (χ2n) is 6.43. The average molecular weight is 371 g/mol. The van der Waals surface area contributed by atoms with Crippen LogP contribution in [-0.4, -0.2) is 54.0 Å². The number of carbonyl (C=O) groups is 1. The maximum Gasteiger partial charge on any atom is 0.410 e. The van der Waals surface area contributed by atoms with Crippen molar-refractivity contribution in [3.8, 4) is 0 Å². The topological polar surface area (TPSA) is 53.0 Å². The number of amides is 1. The first kappa shape index (κ1) is 17.1. The molecule has 1 aromatic carbocycles. The normalized spacial score (nSPS) is 19.2. The summed E-state index contributed by atoms with van der Waals surface area (Å²) in [5.74, 6) is 0. The number of benzene rings is 1. The Morgan fingerprint density at radius 2 is 1.95 bits per heavy atom. The molecule has 1 aromatic rings. The van der Waals surface area contributed by atoms with Gasteiger partial charge < -0.3 is 14.7 Å². The molecule has 0 saturated carbocycles. The highest BCUT2D eigenvalue weighted by atomic mass is 79.9. The zero-order valence-electron chi connectivity index (χ0n) is 13.3. The van der Waals surface area contributed by atoms with Gasteiger partial charge in [-0.1, -0.05) is 15.9 Å². The number of rotatable bonds is 2. The average Bonchev–Trinajstić information content (AvgIpc) is 2.45. The third-order valence-corrected chi connectivity index (χ3v) is 4.04.